The van der Waals surface area contributed by atoms with E-state index in [1.807, 2.05) is 31.2 Å². The fraction of sp³-hybridized carbons (Fsp3) is 0.176. The Kier molecular flexibility index (Phi) is 6.03. The third-order valence-corrected chi connectivity index (χ3v) is 3.28. The highest BCUT2D eigenvalue weighted by Crippen LogP contribution is 2.32. The highest BCUT2D eigenvalue weighted by molar-refractivity contribution is 6.31. The molecular weight excluding hydrogens is 332 g/mol. The van der Waals surface area contributed by atoms with Crippen molar-refractivity contribution in [2.75, 3.05) is 19.0 Å². The molecule has 0 heterocycles. The fourth-order valence-electron chi connectivity index (χ4n) is 1.84. The fourth-order valence-corrected chi connectivity index (χ4v) is 2.01. The third kappa shape index (κ3) is 5.17. The number of rotatable bonds is 5. The van der Waals surface area contributed by atoms with Gasteiger partial charge in [-0.2, -0.15) is 0 Å². The van der Waals surface area contributed by atoms with E-state index in [4.69, 9.17) is 16.3 Å². The van der Waals surface area contributed by atoms with E-state index in [-0.39, 0.29) is 6.54 Å². The van der Waals surface area contributed by atoms with E-state index < -0.39 is 12.0 Å². The molecule has 0 aromatic heterocycles. The normalized spacial score (nSPS) is 9.96. The van der Waals surface area contributed by atoms with Crippen molar-refractivity contribution >= 4 is 29.3 Å². The predicted molar refractivity (Wildman–Crippen MR) is 91.7 cm³/mol. The molecule has 0 radical (unpaired) electrons. The van der Waals surface area contributed by atoms with Crippen molar-refractivity contribution in [3.63, 3.8) is 0 Å². The molecule has 126 valence electrons. The zero-order valence-electron chi connectivity index (χ0n) is 13.3. The van der Waals surface area contributed by atoms with Crippen LogP contribution in [-0.4, -0.2) is 25.7 Å². The molecule has 2 aromatic carbocycles. The Morgan fingerprint density at radius 1 is 1.12 bits per heavy atom. The minimum absolute atomic E-state index is 0.233. The van der Waals surface area contributed by atoms with Crippen LogP contribution in [0.1, 0.15) is 5.56 Å². The second-order valence-corrected chi connectivity index (χ2v) is 5.39. The van der Waals surface area contributed by atoms with Crippen LogP contribution in [0.5, 0.6) is 11.5 Å². The van der Waals surface area contributed by atoms with Gasteiger partial charge in [-0.15, -0.1) is 0 Å². The number of benzene rings is 2. The monoisotopic (exact) mass is 348 g/mol. The van der Waals surface area contributed by atoms with Crippen LogP contribution in [0.4, 0.5) is 10.5 Å². The Bertz CT molecular complexity index is 732. The lowest BCUT2D eigenvalue weighted by molar-refractivity contribution is -0.115. The summed E-state index contributed by atoms with van der Waals surface area (Å²) < 4.78 is 10.2. The summed E-state index contributed by atoms with van der Waals surface area (Å²) in [7, 11) is 1.22. The summed E-state index contributed by atoms with van der Waals surface area (Å²) in [4.78, 5) is 22.9. The largest absolute Gasteiger partial charge is 0.455 e. The first-order chi connectivity index (χ1) is 11.5. The van der Waals surface area contributed by atoms with E-state index in [1.54, 1.807) is 18.2 Å². The molecule has 0 aliphatic rings. The predicted octanol–water partition coefficient (Wildman–Crippen LogP) is 3.74. The summed E-state index contributed by atoms with van der Waals surface area (Å²) in [5.41, 5.74) is 1.51. The molecule has 2 aromatic rings. The Hall–Kier alpha value is -2.73. The van der Waals surface area contributed by atoms with Crippen LogP contribution < -0.4 is 15.4 Å². The molecule has 0 saturated carbocycles. The first kappa shape index (κ1) is 17.6. The number of anilines is 1. The summed E-state index contributed by atoms with van der Waals surface area (Å²) >= 11 is 5.98. The maximum Gasteiger partial charge on any atom is 0.407 e. The number of carbonyl (C=O) groups is 2. The molecular formula is C17H17ClN2O4. The lowest BCUT2D eigenvalue weighted by Crippen LogP contribution is -2.32. The van der Waals surface area contributed by atoms with Gasteiger partial charge in [0.15, 0.2) is 5.75 Å². The highest BCUT2D eigenvalue weighted by atomic mass is 35.5. The number of hydrogen-bond donors (Lipinski definition) is 2. The van der Waals surface area contributed by atoms with Crippen LogP contribution in [0.3, 0.4) is 0 Å². The van der Waals surface area contributed by atoms with Crippen LogP contribution in [-0.2, 0) is 9.53 Å². The number of nitrogens with one attached hydrogen (secondary N) is 2. The van der Waals surface area contributed by atoms with Gasteiger partial charge in [0.25, 0.3) is 0 Å². The second kappa shape index (κ2) is 8.21. The van der Waals surface area contributed by atoms with Crippen molar-refractivity contribution in [3.05, 3.63) is 53.1 Å². The van der Waals surface area contributed by atoms with Gasteiger partial charge in [-0.1, -0.05) is 29.3 Å². The Balaban J connectivity index is 2.10. The standard InChI is InChI=1S/C17H17ClN2O4/c1-11-3-6-13(7-4-11)24-15-8-5-12(18)9-14(15)20-16(21)10-19-17(22)23-2/h3-9H,10H2,1-2H3,(H,19,22)(H,20,21). The molecule has 0 saturated heterocycles. The van der Waals surface area contributed by atoms with Gasteiger partial charge in [-0.3, -0.25) is 4.79 Å². The summed E-state index contributed by atoms with van der Waals surface area (Å²) in [5.74, 6) is 0.636. The molecule has 0 bridgehead atoms. The Morgan fingerprint density at radius 3 is 2.50 bits per heavy atom. The van der Waals surface area contributed by atoms with Crippen LogP contribution in [0.15, 0.2) is 42.5 Å². The van der Waals surface area contributed by atoms with Gasteiger partial charge < -0.3 is 20.1 Å². The molecule has 0 fully saturated rings. The number of ether oxygens (including phenoxy) is 2. The van der Waals surface area contributed by atoms with E-state index in [9.17, 15) is 9.59 Å². The van der Waals surface area contributed by atoms with Gasteiger partial charge in [0.2, 0.25) is 5.91 Å². The average molecular weight is 349 g/mol. The topological polar surface area (TPSA) is 76.7 Å². The maximum absolute atomic E-state index is 11.9. The minimum Gasteiger partial charge on any atom is -0.455 e. The molecule has 0 atom stereocenters. The molecule has 2 amide bonds. The van der Waals surface area contributed by atoms with Crippen LogP contribution >= 0.6 is 11.6 Å². The highest BCUT2D eigenvalue weighted by Gasteiger charge is 2.11. The molecule has 7 heteroatoms. The van der Waals surface area contributed by atoms with E-state index >= 15 is 0 Å². The van der Waals surface area contributed by atoms with Gasteiger partial charge in [-0.05, 0) is 37.3 Å². The Labute approximate surface area is 144 Å². The number of methoxy groups -OCH3 is 1. The molecule has 0 aliphatic heterocycles. The lowest BCUT2D eigenvalue weighted by atomic mass is 10.2. The van der Waals surface area contributed by atoms with Gasteiger partial charge in [0.1, 0.15) is 12.3 Å². The molecule has 2 N–H and O–H groups in total. The summed E-state index contributed by atoms with van der Waals surface area (Å²) in [6.07, 6.45) is -0.688. The SMILES string of the molecule is COC(=O)NCC(=O)Nc1cc(Cl)ccc1Oc1ccc(C)cc1. The van der Waals surface area contributed by atoms with E-state index in [2.05, 4.69) is 15.4 Å². The van der Waals surface area contributed by atoms with E-state index in [0.29, 0.717) is 22.2 Å². The maximum atomic E-state index is 11.9. The van der Waals surface area contributed by atoms with Crippen molar-refractivity contribution in [1.82, 2.24) is 5.32 Å². The van der Waals surface area contributed by atoms with Crippen LogP contribution in [0.25, 0.3) is 0 Å². The van der Waals surface area contributed by atoms with E-state index in [1.165, 1.54) is 7.11 Å². The molecule has 6 nitrogen and oxygen atoms in total. The number of alkyl carbamates (subject to hydrolysis) is 1. The van der Waals surface area contributed by atoms with Crippen molar-refractivity contribution in [3.8, 4) is 11.5 Å². The minimum atomic E-state index is -0.688. The zero-order chi connectivity index (χ0) is 17.5. The smallest absolute Gasteiger partial charge is 0.407 e. The molecule has 0 unspecified atom stereocenters. The number of amides is 2. The second-order valence-electron chi connectivity index (χ2n) is 4.95. The molecule has 24 heavy (non-hydrogen) atoms. The summed E-state index contributed by atoms with van der Waals surface area (Å²) in [6.45, 7) is 1.75. The zero-order valence-corrected chi connectivity index (χ0v) is 14.0. The van der Waals surface area contributed by atoms with Crippen LogP contribution in [0, 0.1) is 6.92 Å². The summed E-state index contributed by atoms with van der Waals surface area (Å²) in [5, 5.41) is 5.39. The first-order valence-electron chi connectivity index (χ1n) is 7.13. The number of carbonyl (C=O) groups excluding carboxylic acids is 2. The van der Waals surface area contributed by atoms with Gasteiger partial charge in [-0.25, -0.2) is 4.79 Å². The number of hydrogen-bond acceptors (Lipinski definition) is 4. The summed E-state index contributed by atoms with van der Waals surface area (Å²) in [6, 6.07) is 12.4. The van der Waals surface area contributed by atoms with Gasteiger partial charge in [0, 0.05) is 5.02 Å². The molecule has 2 rings (SSSR count). The average Bonchev–Trinajstić information content (AvgIpc) is 2.57. The molecule has 0 aliphatic carbocycles. The molecule has 0 spiro atoms. The van der Waals surface area contributed by atoms with Gasteiger partial charge >= 0.3 is 6.09 Å². The first-order valence-corrected chi connectivity index (χ1v) is 7.51. The lowest BCUT2D eigenvalue weighted by Gasteiger charge is -2.13. The van der Waals surface area contributed by atoms with Crippen LogP contribution in [0.2, 0.25) is 5.02 Å². The quantitative estimate of drug-likeness (QED) is 0.863. The van der Waals surface area contributed by atoms with Crippen molar-refractivity contribution < 1.29 is 19.1 Å². The van der Waals surface area contributed by atoms with Crippen molar-refractivity contribution in [2.24, 2.45) is 0 Å². The van der Waals surface area contributed by atoms with Crippen molar-refractivity contribution in [1.29, 1.82) is 0 Å². The number of aryl methyl sites for hydroxylation is 1. The van der Waals surface area contributed by atoms with Crippen molar-refractivity contribution in [2.45, 2.75) is 6.92 Å². The Morgan fingerprint density at radius 2 is 1.83 bits per heavy atom. The third-order valence-electron chi connectivity index (χ3n) is 3.04. The van der Waals surface area contributed by atoms with Gasteiger partial charge in [0.05, 0.1) is 12.8 Å². The van der Waals surface area contributed by atoms with E-state index in [0.717, 1.165) is 5.56 Å². The number of halogens is 1.